The molecule has 0 aliphatic rings. The number of amides is 2. The second kappa shape index (κ2) is 9.32. The van der Waals surface area contributed by atoms with Gasteiger partial charge in [0.25, 0.3) is 5.56 Å². The third-order valence-corrected chi connectivity index (χ3v) is 5.44. The number of carbonyl (C=O) groups excluding carboxylic acids is 1. The van der Waals surface area contributed by atoms with Crippen molar-refractivity contribution >= 4 is 34.3 Å². The fraction of sp³-hybridized carbons (Fsp3) is 0.217. The number of nitrogens with one attached hydrogen (secondary N) is 3. The summed E-state index contributed by atoms with van der Waals surface area (Å²) >= 11 is 0. The summed E-state index contributed by atoms with van der Waals surface area (Å²) in [6.07, 6.45) is -3.15. The first kappa shape index (κ1) is 24.7. The first-order valence-corrected chi connectivity index (χ1v) is 10.7. The van der Waals surface area contributed by atoms with Gasteiger partial charge in [0.05, 0.1) is 11.2 Å². The standard InChI is InChI=1S/C23H20F4N6O3/c1-4-33-17-8-19(28-3)29-10-12(17)6-14(21(33)34)13-7-16(15(24)5-11(13)2)30-22(35)31-20-9-18(32-36-20)23(25,26)27/h5-10H,4H2,1-3H3,(H,28,29)(H2,30,31,35). The molecule has 3 N–H and O–H groups in total. The average molecular weight is 504 g/mol. The minimum Gasteiger partial charge on any atom is -0.373 e. The molecule has 3 aromatic heterocycles. The Hall–Kier alpha value is -4.42. The molecule has 0 fully saturated rings. The van der Waals surface area contributed by atoms with Gasteiger partial charge in [-0.1, -0.05) is 5.16 Å². The lowest BCUT2D eigenvalue weighted by molar-refractivity contribution is -0.142. The van der Waals surface area contributed by atoms with Crippen molar-refractivity contribution in [1.82, 2.24) is 14.7 Å². The Bertz CT molecular complexity index is 1530. The highest BCUT2D eigenvalue weighted by molar-refractivity contribution is 5.99. The number of hydrogen-bond donors (Lipinski definition) is 3. The van der Waals surface area contributed by atoms with Gasteiger partial charge in [-0.3, -0.25) is 10.1 Å². The largest absolute Gasteiger partial charge is 0.436 e. The van der Waals surface area contributed by atoms with Crippen molar-refractivity contribution in [3.8, 4) is 11.1 Å². The van der Waals surface area contributed by atoms with Gasteiger partial charge >= 0.3 is 12.2 Å². The van der Waals surface area contributed by atoms with Crippen LogP contribution in [0.25, 0.3) is 22.0 Å². The summed E-state index contributed by atoms with van der Waals surface area (Å²) in [5, 5.41) is 10.7. The maximum Gasteiger partial charge on any atom is 0.436 e. The summed E-state index contributed by atoms with van der Waals surface area (Å²) in [4.78, 5) is 29.9. The molecule has 188 valence electrons. The first-order valence-electron chi connectivity index (χ1n) is 10.7. The molecule has 9 nitrogen and oxygen atoms in total. The molecule has 0 atom stereocenters. The van der Waals surface area contributed by atoms with Gasteiger partial charge in [-0.2, -0.15) is 13.2 Å². The molecular formula is C23H20F4N6O3. The molecule has 36 heavy (non-hydrogen) atoms. The van der Waals surface area contributed by atoms with Crippen molar-refractivity contribution < 1.29 is 26.9 Å². The maximum atomic E-state index is 14.7. The van der Waals surface area contributed by atoms with Crippen LogP contribution in [0.5, 0.6) is 0 Å². The summed E-state index contributed by atoms with van der Waals surface area (Å²) in [6, 6.07) is 5.22. The molecule has 0 unspecified atom stereocenters. The number of alkyl halides is 3. The number of rotatable bonds is 5. The minimum atomic E-state index is -4.76. The molecule has 0 saturated heterocycles. The zero-order valence-electron chi connectivity index (χ0n) is 19.2. The molecular weight excluding hydrogens is 484 g/mol. The third-order valence-electron chi connectivity index (χ3n) is 5.44. The van der Waals surface area contributed by atoms with Crippen molar-refractivity contribution in [1.29, 1.82) is 0 Å². The Morgan fingerprint density at radius 2 is 1.86 bits per heavy atom. The molecule has 0 aliphatic heterocycles. The lowest BCUT2D eigenvalue weighted by Crippen LogP contribution is -2.22. The predicted octanol–water partition coefficient (Wildman–Crippen LogP) is 5.22. The van der Waals surface area contributed by atoms with Gasteiger partial charge in [-0.15, -0.1) is 0 Å². The number of anilines is 3. The molecule has 0 aliphatic carbocycles. The van der Waals surface area contributed by atoms with E-state index in [-0.39, 0.29) is 16.8 Å². The molecule has 13 heteroatoms. The molecule has 0 spiro atoms. The number of aromatic nitrogens is 3. The highest BCUT2D eigenvalue weighted by Gasteiger charge is 2.35. The van der Waals surface area contributed by atoms with E-state index in [0.717, 1.165) is 6.07 Å². The van der Waals surface area contributed by atoms with Crippen molar-refractivity contribution in [3.05, 3.63) is 64.0 Å². The maximum absolute atomic E-state index is 14.7. The van der Waals surface area contributed by atoms with Gasteiger partial charge in [0.15, 0.2) is 5.69 Å². The number of pyridine rings is 2. The second-order valence-electron chi connectivity index (χ2n) is 7.79. The van der Waals surface area contributed by atoms with Gasteiger partial charge in [0.1, 0.15) is 11.6 Å². The Morgan fingerprint density at radius 1 is 1.11 bits per heavy atom. The normalized spacial score (nSPS) is 11.5. The molecule has 4 aromatic rings. The Labute approximate surface area is 201 Å². The number of fused-ring (bicyclic) bond motifs is 1. The van der Waals surface area contributed by atoms with Crippen molar-refractivity contribution in [2.24, 2.45) is 0 Å². The highest BCUT2D eigenvalue weighted by atomic mass is 19.4. The zero-order valence-corrected chi connectivity index (χ0v) is 19.2. The number of carbonyl (C=O) groups is 1. The van der Waals surface area contributed by atoms with E-state index in [0.29, 0.717) is 40.5 Å². The summed E-state index contributed by atoms with van der Waals surface area (Å²) in [5.74, 6) is -0.806. The fourth-order valence-electron chi connectivity index (χ4n) is 3.71. The van der Waals surface area contributed by atoms with E-state index in [1.807, 2.05) is 12.2 Å². The van der Waals surface area contributed by atoms with Gasteiger partial charge in [-0.25, -0.2) is 14.2 Å². The van der Waals surface area contributed by atoms with E-state index < -0.39 is 29.6 Å². The van der Waals surface area contributed by atoms with Crippen LogP contribution in [0.4, 0.5) is 39.7 Å². The lowest BCUT2D eigenvalue weighted by Gasteiger charge is -2.15. The quantitative estimate of drug-likeness (QED) is 0.321. The Morgan fingerprint density at radius 3 is 2.50 bits per heavy atom. The van der Waals surface area contributed by atoms with Gasteiger partial charge in [-0.05, 0) is 43.2 Å². The van der Waals surface area contributed by atoms with Crippen LogP contribution in [0.1, 0.15) is 18.2 Å². The van der Waals surface area contributed by atoms with Gasteiger partial charge < -0.3 is 19.7 Å². The molecule has 0 radical (unpaired) electrons. The number of halogens is 4. The molecule has 4 rings (SSSR count). The molecule has 0 saturated carbocycles. The minimum absolute atomic E-state index is 0.259. The molecule has 0 bridgehead atoms. The van der Waals surface area contributed by atoms with Crippen LogP contribution in [-0.2, 0) is 12.7 Å². The van der Waals surface area contributed by atoms with Gasteiger partial charge in [0.2, 0.25) is 5.88 Å². The smallest absolute Gasteiger partial charge is 0.373 e. The van der Waals surface area contributed by atoms with Crippen LogP contribution >= 0.6 is 0 Å². The van der Waals surface area contributed by atoms with E-state index in [2.05, 4.69) is 25.3 Å². The fourth-order valence-corrected chi connectivity index (χ4v) is 3.71. The lowest BCUT2D eigenvalue weighted by atomic mass is 9.99. The number of aryl methyl sites for hydroxylation is 2. The van der Waals surface area contributed by atoms with Crippen LogP contribution in [0.15, 0.2) is 45.8 Å². The second-order valence-corrected chi connectivity index (χ2v) is 7.79. The number of nitrogens with zero attached hydrogens (tertiary/aromatic N) is 3. The van der Waals surface area contributed by atoms with Crippen LogP contribution < -0.4 is 21.5 Å². The third kappa shape index (κ3) is 4.72. The van der Waals surface area contributed by atoms with E-state index in [9.17, 15) is 27.2 Å². The van der Waals surface area contributed by atoms with Crippen LogP contribution in [0, 0.1) is 12.7 Å². The van der Waals surface area contributed by atoms with Crippen LogP contribution in [-0.4, -0.2) is 27.8 Å². The summed E-state index contributed by atoms with van der Waals surface area (Å²) < 4.78 is 58.7. The number of benzene rings is 1. The van der Waals surface area contributed by atoms with E-state index >= 15 is 0 Å². The zero-order chi connectivity index (χ0) is 26.2. The van der Waals surface area contributed by atoms with Crippen LogP contribution in [0.2, 0.25) is 0 Å². The Balaban J connectivity index is 1.70. The topological polar surface area (TPSA) is 114 Å². The summed E-state index contributed by atoms with van der Waals surface area (Å²) in [7, 11) is 1.71. The monoisotopic (exact) mass is 504 g/mol. The van der Waals surface area contributed by atoms with Crippen molar-refractivity contribution in [2.75, 3.05) is 23.0 Å². The van der Waals surface area contributed by atoms with Crippen molar-refractivity contribution in [2.45, 2.75) is 26.6 Å². The highest BCUT2D eigenvalue weighted by Crippen LogP contribution is 2.31. The van der Waals surface area contributed by atoms with E-state index in [4.69, 9.17) is 0 Å². The average Bonchev–Trinajstić information content (AvgIpc) is 3.29. The SMILES string of the molecule is CCn1c(=O)c(-c2cc(NC(=O)Nc3cc(C(F)(F)F)no3)c(F)cc2C)cc2cnc(NC)cc21. The number of hydrogen-bond acceptors (Lipinski definition) is 6. The summed E-state index contributed by atoms with van der Waals surface area (Å²) in [6.45, 7) is 3.78. The molecule has 3 heterocycles. The summed E-state index contributed by atoms with van der Waals surface area (Å²) in [5.41, 5.74) is -0.247. The van der Waals surface area contributed by atoms with Gasteiger partial charge in [0, 0.05) is 42.9 Å². The molecule has 2 amide bonds. The van der Waals surface area contributed by atoms with Crippen molar-refractivity contribution in [3.63, 3.8) is 0 Å². The van der Waals surface area contributed by atoms with E-state index in [1.165, 1.54) is 6.07 Å². The molecule has 1 aromatic carbocycles. The Kier molecular flexibility index (Phi) is 6.39. The first-order chi connectivity index (χ1) is 17.0. The predicted molar refractivity (Wildman–Crippen MR) is 126 cm³/mol. The number of urea groups is 1. The van der Waals surface area contributed by atoms with E-state index in [1.54, 1.807) is 36.9 Å². The van der Waals surface area contributed by atoms with Crippen LogP contribution in [0.3, 0.4) is 0 Å².